The lowest BCUT2D eigenvalue weighted by Gasteiger charge is -2.06. The van der Waals surface area contributed by atoms with E-state index in [4.69, 9.17) is 16.0 Å². The Morgan fingerprint density at radius 1 is 1.21 bits per heavy atom. The van der Waals surface area contributed by atoms with Crippen LogP contribution in [0.3, 0.4) is 0 Å². The van der Waals surface area contributed by atoms with Crippen molar-refractivity contribution in [2.24, 2.45) is 0 Å². The Bertz CT molecular complexity index is 661. The molecule has 0 spiro atoms. The molecule has 19 heavy (non-hydrogen) atoms. The van der Waals surface area contributed by atoms with Crippen molar-refractivity contribution in [1.29, 1.82) is 0 Å². The van der Waals surface area contributed by atoms with Crippen LogP contribution in [0.5, 0.6) is 0 Å². The summed E-state index contributed by atoms with van der Waals surface area (Å²) in [5.41, 5.74) is 3.09. The van der Waals surface area contributed by atoms with Gasteiger partial charge in [0.1, 0.15) is 5.76 Å². The summed E-state index contributed by atoms with van der Waals surface area (Å²) in [5, 5.41) is 10.6. The fourth-order valence-corrected chi connectivity index (χ4v) is 2.01. The maximum Gasteiger partial charge on any atom is 0.193 e. The first-order chi connectivity index (χ1) is 9.31. The third-order valence-electron chi connectivity index (χ3n) is 2.77. The number of furan rings is 1. The molecule has 0 aliphatic rings. The topological polar surface area (TPSA) is 53.9 Å². The number of halogens is 1. The zero-order chi connectivity index (χ0) is 13.1. The molecule has 2 aromatic heterocycles. The Balaban J connectivity index is 1.73. The van der Waals surface area contributed by atoms with Gasteiger partial charge < -0.3 is 9.73 Å². The van der Waals surface area contributed by atoms with Crippen molar-refractivity contribution in [3.8, 4) is 11.3 Å². The molecule has 0 bridgehead atoms. The minimum Gasteiger partial charge on any atom is -0.448 e. The van der Waals surface area contributed by atoms with Crippen molar-refractivity contribution in [2.45, 2.75) is 6.54 Å². The third-order valence-corrected chi connectivity index (χ3v) is 2.97. The first-order valence-electron chi connectivity index (χ1n) is 5.89. The second-order valence-corrected chi connectivity index (χ2v) is 4.48. The highest BCUT2D eigenvalue weighted by Gasteiger charge is 2.02. The van der Waals surface area contributed by atoms with Gasteiger partial charge in [-0.3, -0.25) is 5.10 Å². The predicted molar refractivity (Wildman–Crippen MR) is 75.1 cm³/mol. The van der Waals surface area contributed by atoms with Crippen LogP contribution < -0.4 is 5.32 Å². The number of hydrogen-bond acceptors (Lipinski definition) is 3. The average molecular weight is 274 g/mol. The van der Waals surface area contributed by atoms with Crippen LogP contribution in [-0.2, 0) is 6.54 Å². The molecule has 5 heteroatoms. The van der Waals surface area contributed by atoms with E-state index in [-0.39, 0.29) is 0 Å². The highest BCUT2D eigenvalue weighted by molar-refractivity contribution is 6.28. The van der Waals surface area contributed by atoms with Gasteiger partial charge in [0, 0.05) is 17.4 Å². The van der Waals surface area contributed by atoms with Crippen molar-refractivity contribution in [1.82, 2.24) is 10.2 Å². The van der Waals surface area contributed by atoms with Gasteiger partial charge in [-0.1, -0.05) is 12.1 Å². The number of benzene rings is 1. The molecule has 2 heterocycles. The molecule has 0 saturated carbocycles. The number of aromatic nitrogens is 2. The van der Waals surface area contributed by atoms with E-state index in [1.807, 2.05) is 30.3 Å². The lowest BCUT2D eigenvalue weighted by Crippen LogP contribution is -1.97. The summed E-state index contributed by atoms with van der Waals surface area (Å²) < 4.78 is 5.29. The number of nitrogens with one attached hydrogen (secondary N) is 2. The number of anilines is 1. The number of hydrogen-bond donors (Lipinski definition) is 2. The highest BCUT2D eigenvalue weighted by Crippen LogP contribution is 2.21. The Kier molecular flexibility index (Phi) is 3.25. The lowest BCUT2D eigenvalue weighted by atomic mass is 10.1. The van der Waals surface area contributed by atoms with Crippen molar-refractivity contribution in [2.75, 3.05) is 5.32 Å². The molecule has 0 unspecified atom stereocenters. The van der Waals surface area contributed by atoms with Gasteiger partial charge in [-0.05, 0) is 41.9 Å². The van der Waals surface area contributed by atoms with Crippen LogP contribution in [0.4, 0.5) is 5.69 Å². The molecule has 96 valence electrons. The fraction of sp³-hybridized carbons (Fsp3) is 0.0714. The van der Waals surface area contributed by atoms with E-state index >= 15 is 0 Å². The SMILES string of the molecule is Clc1ccc(CNc2cccc(-c3ccn[nH]3)c2)o1. The normalized spacial score (nSPS) is 10.6. The maximum atomic E-state index is 5.73. The highest BCUT2D eigenvalue weighted by atomic mass is 35.5. The van der Waals surface area contributed by atoms with Crippen LogP contribution in [0.15, 0.2) is 53.1 Å². The van der Waals surface area contributed by atoms with Crippen LogP contribution in [-0.4, -0.2) is 10.2 Å². The van der Waals surface area contributed by atoms with Gasteiger partial charge in [0.2, 0.25) is 0 Å². The molecule has 4 nitrogen and oxygen atoms in total. The van der Waals surface area contributed by atoms with Crippen LogP contribution >= 0.6 is 11.6 Å². The summed E-state index contributed by atoms with van der Waals surface area (Å²) in [4.78, 5) is 0. The summed E-state index contributed by atoms with van der Waals surface area (Å²) in [6, 6.07) is 13.6. The predicted octanol–water partition coefficient (Wildman–Crippen LogP) is 3.94. The molecule has 0 fully saturated rings. The number of rotatable bonds is 4. The second kappa shape index (κ2) is 5.20. The molecular weight excluding hydrogens is 262 g/mol. The summed E-state index contributed by atoms with van der Waals surface area (Å²) >= 11 is 5.73. The molecule has 0 saturated heterocycles. The molecular formula is C14H12ClN3O. The standard InChI is InChI=1S/C14H12ClN3O/c15-14-5-4-12(19-14)9-16-11-3-1-2-10(8-11)13-6-7-17-18-13/h1-8,16H,9H2,(H,17,18). The molecule has 0 aliphatic heterocycles. The molecule has 0 atom stereocenters. The Labute approximate surface area is 115 Å². The van der Waals surface area contributed by atoms with E-state index in [9.17, 15) is 0 Å². The molecule has 3 aromatic rings. The average Bonchev–Trinajstić information content (AvgIpc) is 3.08. The van der Waals surface area contributed by atoms with Gasteiger partial charge in [-0.2, -0.15) is 5.10 Å². The van der Waals surface area contributed by atoms with E-state index < -0.39 is 0 Å². The minimum atomic E-state index is 0.406. The fourth-order valence-electron chi connectivity index (χ4n) is 1.85. The Morgan fingerprint density at radius 3 is 2.89 bits per heavy atom. The Morgan fingerprint density at radius 2 is 2.16 bits per heavy atom. The third kappa shape index (κ3) is 2.80. The lowest BCUT2D eigenvalue weighted by molar-refractivity contribution is 0.520. The largest absolute Gasteiger partial charge is 0.448 e. The summed E-state index contributed by atoms with van der Waals surface area (Å²) in [6.45, 7) is 0.596. The van der Waals surface area contributed by atoms with Gasteiger partial charge in [-0.15, -0.1) is 0 Å². The Hall–Kier alpha value is -2.20. The van der Waals surface area contributed by atoms with Crippen LogP contribution in [0.1, 0.15) is 5.76 Å². The van der Waals surface area contributed by atoms with Gasteiger partial charge in [0.05, 0.1) is 12.2 Å². The zero-order valence-corrected chi connectivity index (χ0v) is 10.8. The zero-order valence-electron chi connectivity index (χ0n) is 10.1. The number of H-pyrrole nitrogens is 1. The van der Waals surface area contributed by atoms with Crippen LogP contribution in [0, 0.1) is 0 Å². The van der Waals surface area contributed by atoms with Gasteiger partial charge in [0.15, 0.2) is 5.22 Å². The van der Waals surface area contributed by atoms with Crippen molar-refractivity contribution >= 4 is 17.3 Å². The van der Waals surface area contributed by atoms with Crippen LogP contribution in [0.2, 0.25) is 5.22 Å². The van der Waals surface area contributed by atoms with Gasteiger partial charge in [0.25, 0.3) is 0 Å². The van der Waals surface area contributed by atoms with Crippen molar-refractivity contribution in [3.63, 3.8) is 0 Å². The first kappa shape index (κ1) is 11.9. The van der Waals surface area contributed by atoms with Crippen molar-refractivity contribution < 1.29 is 4.42 Å². The first-order valence-corrected chi connectivity index (χ1v) is 6.27. The minimum absolute atomic E-state index is 0.406. The molecule has 3 rings (SSSR count). The second-order valence-electron chi connectivity index (χ2n) is 4.11. The monoisotopic (exact) mass is 273 g/mol. The van der Waals surface area contributed by atoms with Gasteiger partial charge >= 0.3 is 0 Å². The van der Waals surface area contributed by atoms with E-state index in [0.29, 0.717) is 11.8 Å². The summed E-state index contributed by atoms with van der Waals surface area (Å²) in [6.07, 6.45) is 1.74. The molecule has 2 N–H and O–H groups in total. The quantitative estimate of drug-likeness (QED) is 0.757. The van der Waals surface area contributed by atoms with E-state index in [1.165, 1.54) is 0 Å². The number of nitrogens with zero attached hydrogens (tertiary/aromatic N) is 1. The van der Waals surface area contributed by atoms with E-state index in [2.05, 4.69) is 21.6 Å². The van der Waals surface area contributed by atoms with Gasteiger partial charge in [-0.25, -0.2) is 0 Å². The molecule has 0 aliphatic carbocycles. The van der Waals surface area contributed by atoms with Crippen LogP contribution in [0.25, 0.3) is 11.3 Å². The summed E-state index contributed by atoms with van der Waals surface area (Å²) in [7, 11) is 0. The molecule has 0 amide bonds. The van der Waals surface area contributed by atoms with E-state index in [0.717, 1.165) is 22.7 Å². The maximum absolute atomic E-state index is 5.73. The summed E-state index contributed by atoms with van der Waals surface area (Å²) in [5.74, 6) is 0.803. The molecule has 0 radical (unpaired) electrons. The molecule has 1 aromatic carbocycles. The number of aromatic amines is 1. The van der Waals surface area contributed by atoms with E-state index in [1.54, 1.807) is 12.3 Å². The van der Waals surface area contributed by atoms with Crippen molar-refractivity contribution in [3.05, 3.63) is 59.6 Å². The smallest absolute Gasteiger partial charge is 0.193 e.